The predicted octanol–water partition coefficient (Wildman–Crippen LogP) is 4.27. The minimum Gasteiger partial charge on any atom is -0.464 e. The maximum Gasteiger partial charge on any atom is 0.335 e. The van der Waals surface area contributed by atoms with Crippen molar-refractivity contribution in [3.8, 4) is 0 Å². The summed E-state index contributed by atoms with van der Waals surface area (Å²) in [5.41, 5.74) is 2.10. The van der Waals surface area contributed by atoms with Gasteiger partial charge in [-0.05, 0) is 31.0 Å². The number of furan rings is 1. The monoisotopic (exact) mass is 341 g/mol. The van der Waals surface area contributed by atoms with Crippen LogP contribution in [0.1, 0.15) is 29.7 Å². The Hall–Kier alpha value is -2.67. The molecule has 24 heavy (non-hydrogen) atoms. The molecule has 1 unspecified atom stereocenters. The van der Waals surface area contributed by atoms with E-state index in [0.717, 1.165) is 15.8 Å². The molecular weight excluding hydrogens is 326 g/mol. The molecule has 0 saturated heterocycles. The van der Waals surface area contributed by atoms with Crippen molar-refractivity contribution in [3.05, 3.63) is 41.1 Å². The Kier molecular flexibility index (Phi) is 3.38. The van der Waals surface area contributed by atoms with E-state index in [2.05, 4.69) is 10.3 Å². The van der Waals surface area contributed by atoms with Crippen molar-refractivity contribution >= 4 is 45.1 Å². The molecule has 0 spiro atoms. The smallest absolute Gasteiger partial charge is 0.335 e. The normalized spacial score (nSPS) is 16.7. The van der Waals surface area contributed by atoms with Crippen LogP contribution in [-0.4, -0.2) is 16.9 Å². The maximum absolute atomic E-state index is 12.7. The number of rotatable bonds is 2. The number of anilines is 2. The molecule has 3 aromatic rings. The van der Waals surface area contributed by atoms with E-state index >= 15 is 0 Å². The van der Waals surface area contributed by atoms with Gasteiger partial charge in [0.1, 0.15) is 5.58 Å². The number of carbonyl (C=O) groups excluding carboxylic acids is 2. The third-order valence-corrected chi connectivity index (χ3v) is 5.01. The number of imide groups is 1. The van der Waals surface area contributed by atoms with Gasteiger partial charge in [0.15, 0.2) is 5.13 Å². The van der Waals surface area contributed by atoms with Gasteiger partial charge in [0.2, 0.25) is 5.91 Å². The lowest BCUT2D eigenvalue weighted by Crippen LogP contribution is -2.38. The highest BCUT2D eigenvalue weighted by Gasteiger charge is 2.40. The minimum absolute atomic E-state index is 0.217. The van der Waals surface area contributed by atoms with Crippen LogP contribution < -0.4 is 10.2 Å². The number of aryl methyl sites for hydroxylation is 1. The first-order chi connectivity index (χ1) is 11.6. The minimum atomic E-state index is -0.488. The lowest BCUT2D eigenvalue weighted by atomic mass is 9.97. The fourth-order valence-corrected chi connectivity index (χ4v) is 3.71. The van der Waals surface area contributed by atoms with Crippen molar-refractivity contribution in [2.24, 2.45) is 0 Å². The first-order valence-corrected chi connectivity index (χ1v) is 8.48. The van der Waals surface area contributed by atoms with Gasteiger partial charge in [-0.25, -0.2) is 14.7 Å². The van der Waals surface area contributed by atoms with Crippen LogP contribution in [0, 0.1) is 6.92 Å². The third-order valence-electron chi connectivity index (χ3n) is 4.18. The second-order valence-electron chi connectivity index (χ2n) is 5.71. The van der Waals surface area contributed by atoms with Gasteiger partial charge in [0.25, 0.3) is 0 Å². The van der Waals surface area contributed by atoms with E-state index in [1.165, 1.54) is 16.2 Å². The maximum atomic E-state index is 12.7. The van der Waals surface area contributed by atoms with Crippen molar-refractivity contribution < 1.29 is 14.0 Å². The summed E-state index contributed by atoms with van der Waals surface area (Å²) in [5, 5.41) is 4.11. The first-order valence-electron chi connectivity index (χ1n) is 7.67. The molecule has 1 aromatic carbocycles. The highest BCUT2D eigenvalue weighted by atomic mass is 32.1. The Labute approximate surface area is 142 Å². The van der Waals surface area contributed by atoms with Gasteiger partial charge in [-0.2, -0.15) is 0 Å². The number of thiazole rings is 1. The molecule has 3 amide bonds. The van der Waals surface area contributed by atoms with Gasteiger partial charge < -0.3 is 4.42 Å². The number of benzene rings is 1. The Bertz CT molecular complexity index is 959. The molecule has 0 saturated carbocycles. The second kappa shape index (κ2) is 5.45. The fraction of sp³-hybridized carbons (Fsp3) is 0.235. The van der Waals surface area contributed by atoms with Crippen LogP contribution >= 0.6 is 11.3 Å². The van der Waals surface area contributed by atoms with Gasteiger partial charge in [0.05, 0.1) is 17.9 Å². The van der Waals surface area contributed by atoms with Crippen molar-refractivity contribution in [1.29, 1.82) is 0 Å². The summed E-state index contributed by atoms with van der Waals surface area (Å²) in [6.07, 6.45) is 3.92. The molecule has 6 nitrogen and oxygen atoms in total. The number of nitrogens with one attached hydrogen (secondary N) is 1. The van der Waals surface area contributed by atoms with Gasteiger partial charge in [-0.15, -0.1) is 11.3 Å². The van der Waals surface area contributed by atoms with Crippen molar-refractivity contribution in [2.45, 2.75) is 26.2 Å². The summed E-state index contributed by atoms with van der Waals surface area (Å²) in [4.78, 5) is 31.7. The standard InChI is InChI=1S/C17H15N3O3S/c1-3-11-12-6-10-4-5-23-14(10)7-13(12)20(15(11)21)17(22)19-16-18-8-9(2)24-16/h4-8,11H,3H2,1-2H3,(H,18,19,22). The summed E-state index contributed by atoms with van der Waals surface area (Å²) >= 11 is 1.37. The molecule has 2 aromatic heterocycles. The Balaban J connectivity index is 1.75. The van der Waals surface area contributed by atoms with Gasteiger partial charge in [0, 0.05) is 22.5 Å². The zero-order valence-electron chi connectivity index (χ0n) is 13.2. The summed E-state index contributed by atoms with van der Waals surface area (Å²) in [6.45, 7) is 3.85. The molecule has 3 heterocycles. The summed E-state index contributed by atoms with van der Waals surface area (Å²) in [6, 6.07) is 5.05. The van der Waals surface area contributed by atoms with E-state index < -0.39 is 6.03 Å². The van der Waals surface area contributed by atoms with E-state index in [1.807, 2.05) is 26.0 Å². The highest BCUT2D eigenvalue weighted by molar-refractivity contribution is 7.15. The van der Waals surface area contributed by atoms with E-state index in [4.69, 9.17) is 4.42 Å². The summed E-state index contributed by atoms with van der Waals surface area (Å²) in [7, 11) is 0. The Morgan fingerprint density at radius 3 is 3.00 bits per heavy atom. The van der Waals surface area contributed by atoms with E-state index in [0.29, 0.717) is 22.8 Å². The van der Waals surface area contributed by atoms with Gasteiger partial charge in [-0.3, -0.25) is 10.1 Å². The lowest BCUT2D eigenvalue weighted by molar-refractivity contribution is -0.118. The largest absolute Gasteiger partial charge is 0.464 e. The SMILES string of the molecule is CCC1C(=O)N(C(=O)Nc2ncc(C)s2)c2cc3occc3cc21. The molecule has 7 heteroatoms. The molecule has 0 fully saturated rings. The second-order valence-corrected chi connectivity index (χ2v) is 6.94. The highest BCUT2D eigenvalue weighted by Crippen LogP contribution is 2.42. The molecule has 0 bridgehead atoms. The number of hydrogen-bond acceptors (Lipinski definition) is 5. The molecule has 0 aliphatic carbocycles. The number of carbonyl (C=O) groups is 2. The summed E-state index contributed by atoms with van der Waals surface area (Å²) in [5.74, 6) is -0.533. The van der Waals surface area contributed by atoms with Crippen LogP contribution in [0.4, 0.5) is 15.6 Å². The number of amides is 3. The molecule has 1 aliphatic heterocycles. The molecule has 0 radical (unpaired) electrons. The predicted molar refractivity (Wildman–Crippen MR) is 92.6 cm³/mol. The van der Waals surface area contributed by atoms with E-state index in [-0.39, 0.29) is 11.8 Å². The molecular formula is C17H15N3O3S. The fourth-order valence-electron chi connectivity index (χ4n) is 3.06. The Morgan fingerprint density at radius 1 is 1.46 bits per heavy atom. The number of hydrogen-bond donors (Lipinski definition) is 1. The quantitative estimate of drug-likeness (QED) is 0.755. The van der Waals surface area contributed by atoms with Crippen LogP contribution in [-0.2, 0) is 4.79 Å². The third kappa shape index (κ3) is 2.20. The van der Waals surface area contributed by atoms with Crippen LogP contribution in [0.3, 0.4) is 0 Å². The zero-order chi connectivity index (χ0) is 16.8. The number of nitrogens with zero attached hydrogens (tertiary/aromatic N) is 2. The van der Waals surface area contributed by atoms with Crippen molar-refractivity contribution in [2.75, 3.05) is 10.2 Å². The van der Waals surface area contributed by atoms with Crippen LogP contribution in [0.5, 0.6) is 0 Å². The molecule has 1 aliphatic rings. The number of urea groups is 1. The van der Waals surface area contributed by atoms with Crippen LogP contribution in [0.15, 0.2) is 35.1 Å². The van der Waals surface area contributed by atoms with Crippen LogP contribution in [0.2, 0.25) is 0 Å². The molecule has 1 N–H and O–H groups in total. The molecule has 4 rings (SSSR count). The lowest BCUT2D eigenvalue weighted by Gasteiger charge is -2.15. The number of fused-ring (bicyclic) bond motifs is 2. The molecule has 122 valence electrons. The van der Waals surface area contributed by atoms with E-state index in [1.54, 1.807) is 18.5 Å². The topological polar surface area (TPSA) is 75.4 Å². The average Bonchev–Trinajstić information content (AvgIpc) is 3.22. The first kappa shape index (κ1) is 14.9. The zero-order valence-corrected chi connectivity index (χ0v) is 14.0. The summed E-state index contributed by atoms with van der Waals surface area (Å²) < 4.78 is 5.42. The van der Waals surface area contributed by atoms with E-state index in [9.17, 15) is 9.59 Å². The molecule has 1 atom stereocenters. The van der Waals surface area contributed by atoms with Gasteiger partial charge >= 0.3 is 6.03 Å². The van der Waals surface area contributed by atoms with Crippen molar-refractivity contribution in [1.82, 2.24) is 4.98 Å². The van der Waals surface area contributed by atoms with Gasteiger partial charge in [-0.1, -0.05) is 6.92 Å². The van der Waals surface area contributed by atoms with Crippen LogP contribution in [0.25, 0.3) is 11.0 Å². The average molecular weight is 341 g/mol. The Morgan fingerprint density at radius 2 is 2.29 bits per heavy atom. The number of aromatic nitrogens is 1. The van der Waals surface area contributed by atoms with Crippen molar-refractivity contribution in [3.63, 3.8) is 0 Å².